The van der Waals surface area contributed by atoms with Crippen LogP contribution in [0.2, 0.25) is 0 Å². The van der Waals surface area contributed by atoms with Gasteiger partial charge in [-0.15, -0.1) is 0 Å². The summed E-state index contributed by atoms with van der Waals surface area (Å²) in [4.78, 5) is 25.9. The number of fused-ring (bicyclic) bond motifs is 4. The van der Waals surface area contributed by atoms with Crippen molar-refractivity contribution in [3.8, 4) is 11.5 Å². The van der Waals surface area contributed by atoms with E-state index in [2.05, 4.69) is 18.9 Å². The van der Waals surface area contributed by atoms with Crippen LogP contribution < -0.4 is 9.47 Å². The molecule has 0 N–H and O–H groups in total. The molecule has 324 valence electrons. The van der Waals surface area contributed by atoms with Gasteiger partial charge in [-0.1, -0.05) is 38.0 Å². The Morgan fingerprint density at radius 1 is 0.695 bits per heavy atom. The number of ketones is 2. The molecule has 0 spiro atoms. The quantitative estimate of drug-likeness (QED) is 0.0533. The zero-order chi connectivity index (χ0) is 43.5. The predicted molar refractivity (Wildman–Crippen MR) is 200 cm³/mol. The number of carbonyl (C=O) groups excluding carboxylic acids is 2. The fourth-order valence-corrected chi connectivity index (χ4v) is 11.3. The van der Waals surface area contributed by atoms with Crippen molar-refractivity contribution < 1.29 is 70.8 Å². The van der Waals surface area contributed by atoms with Crippen LogP contribution >= 0.6 is 0 Å². The summed E-state index contributed by atoms with van der Waals surface area (Å²) in [7, 11) is -10.7. The Kier molecular flexibility index (Phi) is 11.6. The number of oxime groups is 2. The van der Waals surface area contributed by atoms with Gasteiger partial charge in [-0.2, -0.15) is 43.2 Å². The molecule has 0 amide bonds. The van der Waals surface area contributed by atoms with Crippen LogP contribution in [0, 0.1) is 33.5 Å². The first-order valence-corrected chi connectivity index (χ1v) is 21.9. The fraction of sp³-hybridized carbons (Fsp3) is 0.590. The SMILES string of the molecule is CC1(C)C2CCC1(CC(=NOS(=O)(=O)C(F)(F)F)c1ccc(OCCCOc3ccc(C(=NOS(=O)(=O)CC45CCC(CC4=O)C5(C)C)C(F)(F)F)cc3)cc1)C(=O)C2. The van der Waals surface area contributed by atoms with Gasteiger partial charge in [0.15, 0.2) is 5.71 Å². The summed E-state index contributed by atoms with van der Waals surface area (Å²) in [5.74, 6) is -0.496. The molecule has 4 aliphatic carbocycles. The molecule has 2 aromatic rings. The van der Waals surface area contributed by atoms with Gasteiger partial charge in [0.1, 0.15) is 28.8 Å². The second kappa shape index (κ2) is 15.4. The molecular formula is C39H44F6N2O10S2. The maximum atomic E-state index is 14.0. The van der Waals surface area contributed by atoms with Crippen LogP contribution in [-0.2, 0) is 38.4 Å². The highest BCUT2D eigenvalue weighted by Gasteiger charge is 2.66. The molecule has 20 heteroatoms. The minimum atomic E-state index is -6.06. The molecule has 4 aliphatic rings. The van der Waals surface area contributed by atoms with E-state index < -0.39 is 70.6 Å². The van der Waals surface area contributed by atoms with E-state index in [9.17, 15) is 52.8 Å². The van der Waals surface area contributed by atoms with Gasteiger partial charge >= 0.3 is 31.9 Å². The first kappa shape index (κ1) is 44.4. The highest BCUT2D eigenvalue weighted by molar-refractivity contribution is 7.87. The van der Waals surface area contributed by atoms with E-state index in [0.717, 1.165) is 18.6 Å². The van der Waals surface area contributed by atoms with Crippen LogP contribution in [0.3, 0.4) is 0 Å². The normalized spacial score (nSPS) is 26.7. The summed E-state index contributed by atoms with van der Waals surface area (Å²) in [6.45, 7) is 7.56. The second-order valence-corrected chi connectivity index (χ2v) is 19.9. The Labute approximate surface area is 337 Å². The second-order valence-electron chi connectivity index (χ2n) is 16.8. The molecule has 4 atom stereocenters. The van der Waals surface area contributed by atoms with Crippen LogP contribution in [0.15, 0.2) is 58.8 Å². The van der Waals surface area contributed by atoms with Crippen molar-refractivity contribution in [1.29, 1.82) is 0 Å². The van der Waals surface area contributed by atoms with Gasteiger partial charge in [0.05, 0.1) is 24.3 Å². The van der Waals surface area contributed by atoms with Crippen molar-refractivity contribution in [1.82, 2.24) is 0 Å². The highest BCUT2D eigenvalue weighted by atomic mass is 32.2. The standard InChI is InChI=1S/C39H44F6N2O10S2/c1-34(2)26-14-16-36(34,31(48)20-26)22-30(46-57-59(52,53)39(43,44)45)24-6-10-28(11-7-24)54-18-5-19-55-29-12-8-25(9-13-29)33(38(40,41)42)47-56-58(50,51)23-37-17-15-27(21-32(37)49)35(37,3)4/h6-13,26-27H,5,14-23H2,1-4H3. The Hall–Kier alpha value is -4.20. The smallest absolute Gasteiger partial charge is 0.493 e. The Balaban J connectivity index is 1.04. The van der Waals surface area contributed by atoms with Crippen LogP contribution in [0.4, 0.5) is 26.3 Å². The van der Waals surface area contributed by atoms with E-state index in [-0.39, 0.29) is 66.5 Å². The van der Waals surface area contributed by atoms with Gasteiger partial charge in [0, 0.05) is 36.7 Å². The molecule has 4 unspecified atom stereocenters. The predicted octanol–water partition coefficient (Wildman–Crippen LogP) is 7.90. The van der Waals surface area contributed by atoms with E-state index in [4.69, 9.17) is 9.47 Å². The topological polar surface area (TPSA) is 164 Å². The lowest BCUT2D eigenvalue weighted by Gasteiger charge is -2.36. The van der Waals surface area contributed by atoms with Crippen LogP contribution in [0.5, 0.6) is 11.5 Å². The van der Waals surface area contributed by atoms with Crippen LogP contribution in [-0.4, -0.2) is 70.5 Å². The van der Waals surface area contributed by atoms with Crippen molar-refractivity contribution in [3.63, 3.8) is 0 Å². The third kappa shape index (κ3) is 8.31. The van der Waals surface area contributed by atoms with Gasteiger partial charge in [-0.05, 0) is 102 Å². The molecule has 0 aromatic heterocycles. The molecular weight excluding hydrogens is 835 g/mol. The van der Waals surface area contributed by atoms with Crippen molar-refractivity contribution >= 4 is 43.2 Å². The number of Topliss-reactive ketones (excluding diaryl/α,β-unsaturated/α-hetero) is 2. The lowest BCUT2D eigenvalue weighted by Crippen LogP contribution is -2.42. The van der Waals surface area contributed by atoms with Gasteiger partial charge in [-0.3, -0.25) is 18.2 Å². The number of alkyl halides is 6. The molecule has 0 saturated heterocycles. The molecule has 0 radical (unpaired) electrons. The summed E-state index contributed by atoms with van der Waals surface area (Å²) < 4.78 is 150. The number of rotatable bonds is 16. The zero-order valence-corrected chi connectivity index (χ0v) is 34.2. The maximum absolute atomic E-state index is 14.0. The van der Waals surface area contributed by atoms with E-state index >= 15 is 0 Å². The molecule has 4 fully saturated rings. The van der Waals surface area contributed by atoms with Crippen molar-refractivity contribution in [2.75, 3.05) is 19.0 Å². The van der Waals surface area contributed by atoms with Crippen LogP contribution in [0.1, 0.15) is 90.2 Å². The summed E-state index contributed by atoms with van der Waals surface area (Å²) in [6.07, 6.45) is -2.26. The molecule has 59 heavy (non-hydrogen) atoms. The van der Waals surface area contributed by atoms with Gasteiger partial charge in [0.2, 0.25) is 0 Å². The molecule has 0 heterocycles. The number of carbonyl (C=O) groups is 2. The Morgan fingerprint density at radius 2 is 1.17 bits per heavy atom. The molecule has 0 aliphatic heterocycles. The monoisotopic (exact) mass is 878 g/mol. The number of hydrogen-bond acceptors (Lipinski definition) is 12. The van der Waals surface area contributed by atoms with Crippen molar-refractivity contribution in [2.45, 2.75) is 90.7 Å². The minimum absolute atomic E-state index is 0.00957. The number of nitrogens with zero attached hydrogens (tertiary/aromatic N) is 2. The van der Waals surface area contributed by atoms with Gasteiger partial charge in [0.25, 0.3) is 0 Å². The number of hydrogen-bond donors (Lipinski definition) is 0. The summed E-state index contributed by atoms with van der Waals surface area (Å²) in [5.41, 5.74) is -11.1. The molecule has 12 nitrogen and oxygen atoms in total. The third-order valence-electron chi connectivity index (χ3n) is 13.4. The lowest BCUT2D eigenvalue weighted by atomic mass is 9.65. The van der Waals surface area contributed by atoms with E-state index in [1.807, 2.05) is 13.8 Å². The van der Waals surface area contributed by atoms with Crippen LogP contribution in [0.25, 0.3) is 0 Å². The van der Waals surface area contributed by atoms with Gasteiger partial charge < -0.3 is 9.47 Å². The van der Waals surface area contributed by atoms with Crippen molar-refractivity contribution in [2.24, 2.45) is 43.8 Å². The molecule has 4 saturated carbocycles. The summed E-state index contributed by atoms with van der Waals surface area (Å²) >= 11 is 0. The Morgan fingerprint density at radius 3 is 1.59 bits per heavy atom. The Bertz CT molecular complexity index is 2240. The number of benzene rings is 2. The molecule has 6 rings (SSSR count). The lowest BCUT2D eigenvalue weighted by molar-refractivity contribution is -0.129. The zero-order valence-electron chi connectivity index (χ0n) is 32.6. The average molecular weight is 879 g/mol. The summed E-state index contributed by atoms with van der Waals surface area (Å²) in [5, 5.41) is 6.43. The summed E-state index contributed by atoms with van der Waals surface area (Å²) in [6, 6.07) is 10.4. The average Bonchev–Trinajstić information content (AvgIpc) is 3.66. The maximum Gasteiger partial charge on any atom is 0.536 e. The molecule has 2 aromatic carbocycles. The van der Waals surface area contributed by atoms with Gasteiger partial charge in [-0.25, -0.2) is 0 Å². The third-order valence-corrected chi connectivity index (χ3v) is 15.3. The van der Waals surface area contributed by atoms with E-state index in [1.54, 1.807) is 13.8 Å². The number of halogens is 6. The highest BCUT2D eigenvalue weighted by Crippen LogP contribution is 2.66. The first-order chi connectivity index (χ1) is 27.2. The fourth-order valence-electron chi connectivity index (χ4n) is 9.48. The first-order valence-electron chi connectivity index (χ1n) is 18.9. The largest absolute Gasteiger partial charge is 0.536 e. The van der Waals surface area contributed by atoms with Crippen molar-refractivity contribution in [3.05, 3.63) is 59.7 Å². The minimum Gasteiger partial charge on any atom is -0.493 e. The van der Waals surface area contributed by atoms with E-state index in [0.29, 0.717) is 37.9 Å². The number of ether oxygens (including phenoxy) is 2. The van der Waals surface area contributed by atoms with E-state index in [1.165, 1.54) is 36.4 Å². The molecule has 4 bridgehead atoms.